The summed E-state index contributed by atoms with van der Waals surface area (Å²) in [5.74, 6) is 0.207. The van der Waals surface area contributed by atoms with Gasteiger partial charge in [0.15, 0.2) is 0 Å². The Morgan fingerprint density at radius 2 is 2.15 bits per heavy atom. The molecule has 0 radical (unpaired) electrons. The molecule has 0 aliphatic carbocycles. The molecule has 1 aromatic carbocycles. The normalized spacial score (nSPS) is 16.1. The van der Waals surface area contributed by atoms with Gasteiger partial charge in [-0.2, -0.15) is 0 Å². The lowest BCUT2D eigenvalue weighted by molar-refractivity contribution is -0.121. The van der Waals surface area contributed by atoms with Crippen LogP contribution in [-0.2, 0) is 11.3 Å². The molecular formula is C15H20ClFN2O. The lowest BCUT2D eigenvalue weighted by atomic mass is 9.93. The van der Waals surface area contributed by atoms with Gasteiger partial charge in [0.05, 0.1) is 0 Å². The summed E-state index contributed by atoms with van der Waals surface area (Å²) in [6.45, 7) is 2.23. The Labute approximate surface area is 123 Å². The van der Waals surface area contributed by atoms with Crippen LogP contribution in [-0.4, -0.2) is 19.0 Å². The van der Waals surface area contributed by atoms with Gasteiger partial charge in [-0.1, -0.05) is 17.7 Å². The van der Waals surface area contributed by atoms with Gasteiger partial charge in [-0.15, -0.1) is 0 Å². The van der Waals surface area contributed by atoms with Crippen LogP contribution in [0.1, 0.15) is 31.2 Å². The van der Waals surface area contributed by atoms with Gasteiger partial charge >= 0.3 is 0 Å². The quantitative estimate of drug-likeness (QED) is 0.877. The molecule has 1 saturated heterocycles. The molecule has 20 heavy (non-hydrogen) atoms. The van der Waals surface area contributed by atoms with Crippen molar-refractivity contribution < 1.29 is 9.18 Å². The van der Waals surface area contributed by atoms with E-state index in [0.717, 1.165) is 32.4 Å². The van der Waals surface area contributed by atoms with E-state index in [-0.39, 0.29) is 18.3 Å². The van der Waals surface area contributed by atoms with Gasteiger partial charge in [0.2, 0.25) is 5.91 Å². The summed E-state index contributed by atoms with van der Waals surface area (Å²) in [5, 5.41) is 6.40. The number of benzene rings is 1. The zero-order valence-electron chi connectivity index (χ0n) is 11.4. The average molecular weight is 299 g/mol. The van der Waals surface area contributed by atoms with E-state index in [1.807, 2.05) is 0 Å². The lowest BCUT2D eigenvalue weighted by Crippen LogP contribution is -2.29. The number of hydrogen-bond acceptors (Lipinski definition) is 2. The Kier molecular flexibility index (Phi) is 5.80. The molecule has 1 aliphatic rings. The Morgan fingerprint density at radius 3 is 2.85 bits per heavy atom. The highest BCUT2D eigenvalue weighted by molar-refractivity contribution is 6.31. The van der Waals surface area contributed by atoms with Crippen LogP contribution >= 0.6 is 11.6 Å². The van der Waals surface area contributed by atoms with Crippen molar-refractivity contribution in [2.45, 2.75) is 32.2 Å². The Hall–Kier alpha value is -1.13. The molecule has 1 aliphatic heterocycles. The highest BCUT2D eigenvalue weighted by Gasteiger charge is 2.15. The Bertz CT molecular complexity index is 441. The number of amides is 1. The van der Waals surface area contributed by atoms with Crippen LogP contribution in [0.15, 0.2) is 18.2 Å². The molecule has 0 spiro atoms. The van der Waals surface area contributed by atoms with Gasteiger partial charge in [-0.05, 0) is 50.4 Å². The predicted octanol–water partition coefficient (Wildman–Crippen LogP) is 2.88. The van der Waals surface area contributed by atoms with Gasteiger partial charge in [0, 0.05) is 23.6 Å². The van der Waals surface area contributed by atoms with E-state index in [1.54, 1.807) is 12.1 Å². The molecule has 0 atom stereocenters. The summed E-state index contributed by atoms with van der Waals surface area (Å²) in [5.41, 5.74) is 0.351. The average Bonchev–Trinajstić information content (AvgIpc) is 2.46. The highest BCUT2D eigenvalue weighted by Crippen LogP contribution is 2.19. The Morgan fingerprint density at radius 1 is 1.40 bits per heavy atom. The predicted molar refractivity (Wildman–Crippen MR) is 78.1 cm³/mol. The molecule has 0 aromatic heterocycles. The maximum absolute atomic E-state index is 13.5. The van der Waals surface area contributed by atoms with Gasteiger partial charge in [0.1, 0.15) is 5.82 Å². The largest absolute Gasteiger partial charge is 0.352 e. The standard InChI is InChI=1S/C15H20ClFN2O/c16-13-2-1-3-14(17)12(13)10-19-15(20)5-4-11-6-8-18-9-7-11/h1-3,11,18H,4-10H2,(H,19,20). The molecule has 1 fully saturated rings. The molecule has 2 N–H and O–H groups in total. The van der Waals surface area contributed by atoms with Crippen LogP contribution in [0.5, 0.6) is 0 Å². The fourth-order valence-corrected chi connectivity index (χ4v) is 2.71. The van der Waals surface area contributed by atoms with Crippen LogP contribution in [0, 0.1) is 11.7 Å². The van der Waals surface area contributed by atoms with Gasteiger partial charge in [-0.25, -0.2) is 4.39 Å². The second-order valence-electron chi connectivity index (χ2n) is 5.21. The summed E-state index contributed by atoms with van der Waals surface area (Å²) < 4.78 is 13.5. The highest BCUT2D eigenvalue weighted by atomic mass is 35.5. The van der Waals surface area contributed by atoms with E-state index < -0.39 is 0 Å². The van der Waals surface area contributed by atoms with Crippen LogP contribution < -0.4 is 10.6 Å². The van der Waals surface area contributed by atoms with Crippen molar-refractivity contribution in [1.29, 1.82) is 0 Å². The number of halogens is 2. The molecule has 0 unspecified atom stereocenters. The zero-order valence-corrected chi connectivity index (χ0v) is 12.2. The molecular weight excluding hydrogens is 279 g/mol. The van der Waals surface area contributed by atoms with E-state index in [9.17, 15) is 9.18 Å². The van der Waals surface area contributed by atoms with Crippen molar-refractivity contribution in [2.24, 2.45) is 5.92 Å². The number of nitrogens with one attached hydrogen (secondary N) is 2. The molecule has 1 amide bonds. The molecule has 1 aromatic rings. The first-order valence-corrected chi connectivity index (χ1v) is 7.45. The first kappa shape index (κ1) is 15.3. The zero-order chi connectivity index (χ0) is 14.4. The van der Waals surface area contributed by atoms with E-state index in [1.165, 1.54) is 6.07 Å². The third kappa shape index (κ3) is 4.46. The van der Waals surface area contributed by atoms with Crippen molar-refractivity contribution in [3.8, 4) is 0 Å². The third-order valence-corrected chi connectivity index (χ3v) is 4.12. The monoisotopic (exact) mass is 298 g/mol. The third-order valence-electron chi connectivity index (χ3n) is 3.76. The van der Waals surface area contributed by atoms with Gasteiger partial charge in [-0.3, -0.25) is 4.79 Å². The van der Waals surface area contributed by atoms with Crippen molar-refractivity contribution in [3.63, 3.8) is 0 Å². The number of piperidine rings is 1. The minimum atomic E-state index is -0.379. The molecule has 2 rings (SSSR count). The molecule has 1 heterocycles. The van der Waals surface area contributed by atoms with Crippen molar-refractivity contribution >= 4 is 17.5 Å². The van der Waals surface area contributed by atoms with Crippen LogP contribution in [0.25, 0.3) is 0 Å². The molecule has 0 bridgehead atoms. The number of carbonyl (C=O) groups is 1. The van der Waals surface area contributed by atoms with E-state index in [4.69, 9.17) is 11.6 Å². The van der Waals surface area contributed by atoms with E-state index >= 15 is 0 Å². The number of rotatable bonds is 5. The topological polar surface area (TPSA) is 41.1 Å². The summed E-state index contributed by atoms with van der Waals surface area (Å²) in [4.78, 5) is 11.8. The minimum absolute atomic E-state index is 0.0390. The van der Waals surface area contributed by atoms with Crippen molar-refractivity contribution in [1.82, 2.24) is 10.6 Å². The second kappa shape index (κ2) is 7.60. The fourth-order valence-electron chi connectivity index (χ4n) is 2.48. The van der Waals surface area contributed by atoms with Crippen LogP contribution in [0.2, 0.25) is 5.02 Å². The van der Waals surface area contributed by atoms with Gasteiger partial charge < -0.3 is 10.6 Å². The summed E-state index contributed by atoms with van der Waals surface area (Å²) in [6.07, 6.45) is 3.66. The molecule has 5 heteroatoms. The summed E-state index contributed by atoms with van der Waals surface area (Å²) >= 11 is 5.91. The van der Waals surface area contributed by atoms with Crippen molar-refractivity contribution in [2.75, 3.05) is 13.1 Å². The minimum Gasteiger partial charge on any atom is -0.352 e. The van der Waals surface area contributed by atoms with E-state index in [2.05, 4.69) is 10.6 Å². The van der Waals surface area contributed by atoms with Crippen LogP contribution in [0.4, 0.5) is 4.39 Å². The maximum Gasteiger partial charge on any atom is 0.220 e. The smallest absolute Gasteiger partial charge is 0.220 e. The lowest BCUT2D eigenvalue weighted by Gasteiger charge is -2.22. The van der Waals surface area contributed by atoms with Gasteiger partial charge in [0.25, 0.3) is 0 Å². The fraction of sp³-hybridized carbons (Fsp3) is 0.533. The first-order valence-electron chi connectivity index (χ1n) is 7.07. The van der Waals surface area contributed by atoms with Crippen molar-refractivity contribution in [3.05, 3.63) is 34.6 Å². The van der Waals surface area contributed by atoms with E-state index in [0.29, 0.717) is 22.9 Å². The molecule has 0 saturated carbocycles. The summed E-state index contributed by atoms with van der Waals surface area (Å²) in [7, 11) is 0. The first-order chi connectivity index (χ1) is 9.66. The maximum atomic E-state index is 13.5. The second-order valence-corrected chi connectivity index (χ2v) is 5.62. The number of carbonyl (C=O) groups excluding carboxylic acids is 1. The molecule has 110 valence electrons. The number of hydrogen-bond donors (Lipinski definition) is 2. The van der Waals surface area contributed by atoms with Crippen LogP contribution in [0.3, 0.4) is 0 Å². The SMILES string of the molecule is O=C(CCC1CCNCC1)NCc1c(F)cccc1Cl. The Balaban J connectivity index is 1.74. The summed E-state index contributed by atoms with van der Waals surface area (Å²) in [6, 6.07) is 4.53. The molecule has 3 nitrogen and oxygen atoms in total.